The number of hydrogen-bond acceptors (Lipinski definition) is 2. The van der Waals surface area contributed by atoms with Gasteiger partial charge in [0.2, 0.25) is 0 Å². The Hall–Kier alpha value is -2.55. The summed E-state index contributed by atoms with van der Waals surface area (Å²) in [7, 11) is 0. The highest BCUT2D eigenvalue weighted by Crippen LogP contribution is 2.32. The van der Waals surface area contributed by atoms with Crippen molar-refractivity contribution in [1.29, 1.82) is 0 Å². The van der Waals surface area contributed by atoms with Crippen LogP contribution in [-0.2, 0) is 0 Å². The molecule has 0 aliphatic rings. The molecule has 2 heterocycles. The minimum atomic E-state index is -0.0336. The quantitative estimate of drug-likeness (QED) is 0.516. The molecular weight excluding hydrogens is 238 g/mol. The Kier molecular flexibility index (Phi) is 1.90. The van der Waals surface area contributed by atoms with Gasteiger partial charge in [-0.15, -0.1) is 0 Å². The van der Waals surface area contributed by atoms with Crippen molar-refractivity contribution in [3.63, 3.8) is 0 Å². The van der Waals surface area contributed by atoms with E-state index in [1.807, 2.05) is 31.2 Å². The predicted octanol–water partition coefficient (Wildman–Crippen LogP) is 3.74. The molecule has 2 aromatic heterocycles. The van der Waals surface area contributed by atoms with Crippen LogP contribution in [0.5, 0.6) is 0 Å². The highest BCUT2D eigenvalue weighted by Gasteiger charge is 2.12. The number of nitrogens with one attached hydrogen (secondary N) is 1. The summed E-state index contributed by atoms with van der Waals surface area (Å²) >= 11 is 0. The molecule has 0 bridgehead atoms. The number of para-hydroxylation sites is 1. The molecule has 0 saturated carbocycles. The number of furan rings is 1. The van der Waals surface area contributed by atoms with Crippen molar-refractivity contribution in [1.82, 2.24) is 4.98 Å². The second-order valence-corrected chi connectivity index (χ2v) is 4.76. The van der Waals surface area contributed by atoms with Crippen molar-refractivity contribution in [2.45, 2.75) is 6.92 Å². The first-order valence-electron chi connectivity index (χ1n) is 6.18. The molecule has 0 aliphatic carbocycles. The smallest absolute Gasteiger partial charge is 0.182 e. The van der Waals surface area contributed by atoms with Gasteiger partial charge in [0, 0.05) is 27.9 Å². The predicted molar refractivity (Wildman–Crippen MR) is 76.6 cm³/mol. The molecule has 19 heavy (non-hydrogen) atoms. The van der Waals surface area contributed by atoms with E-state index in [4.69, 9.17) is 4.42 Å². The average Bonchev–Trinajstić information content (AvgIpc) is 2.77. The van der Waals surface area contributed by atoms with Gasteiger partial charge in [0.15, 0.2) is 11.0 Å². The molecule has 4 aromatic rings. The lowest BCUT2D eigenvalue weighted by molar-refractivity contribution is 0.665. The van der Waals surface area contributed by atoms with Crippen LogP contribution in [0.25, 0.3) is 33.0 Å². The number of aryl methyl sites for hydroxylation is 1. The molecule has 0 fully saturated rings. The number of aromatic amines is 1. The number of hydrogen-bond donors (Lipinski definition) is 1. The molecule has 0 spiro atoms. The van der Waals surface area contributed by atoms with Gasteiger partial charge in [0.25, 0.3) is 0 Å². The molecule has 3 heteroatoms. The van der Waals surface area contributed by atoms with Gasteiger partial charge < -0.3 is 9.40 Å². The normalized spacial score (nSPS) is 11.6. The zero-order chi connectivity index (χ0) is 13.0. The molecule has 0 amide bonds. The van der Waals surface area contributed by atoms with E-state index in [0.29, 0.717) is 5.58 Å². The molecule has 92 valence electrons. The molecule has 0 saturated heterocycles. The summed E-state index contributed by atoms with van der Waals surface area (Å²) in [6.45, 7) is 2.04. The Bertz CT molecular complexity index is 992. The maximum absolute atomic E-state index is 11.4. The third-order valence-corrected chi connectivity index (χ3v) is 3.59. The van der Waals surface area contributed by atoms with Crippen LogP contribution in [0.15, 0.2) is 51.7 Å². The highest BCUT2D eigenvalue weighted by molar-refractivity contribution is 6.07. The van der Waals surface area contributed by atoms with Crippen LogP contribution < -0.4 is 5.43 Å². The number of rotatable bonds is 0. The summed E-state index contributed by atoms with van der Waals surface area (Å²) in [5.41, 5.74) is 4.53. The largest absolute Gasteiger partial charge is 0.454 e. The topological polar surface area (TPSA) is 46.0 Å². The first-order valence-corrected chi connectivity index (χ1v) is 6.18. The Balaban J connectivity index is 2.32. The minimum Gasteiger partial charge on any atom is -0.454 e. The molecule has 0 radical (unpaired) electrons. The van der Waals surface area contributed by atoms with Gasteiger partial charge in [0.05, 0.1) is 5.52 Å². The fourth-order valence-corrected chi connectivity index (χ4v) is 2.64. The maximum atomic E-state index is 11.4. The molecule has 0 unspecified atom stereocenters. The van der Waals surface area contributed by atoms with E-state index in [9.17, 15) is 4.79 Å². The lowest BCUT2D eigenvalue weighted by Gasteiger charge is -2.03. The summed E-state index contributed by atoms with van der Waals surface area (Å²) in [5, 5.41) is 2.08. The number of benzene rings is 2. The average molecular weight is 249 g/mol. The van der Waals surface area contributed by atoms with Crippen molar-refractivity contribution in [3.8, 4) is 0 Å². The first-order chi connectivity index (χ1) is 9.24. The number of aromatic nitrogens is 1. The van der Waals surface area contributed by atoms with Gasteiger partial charge in [-0.3, -0.25) is 4.79 Å². The van der Waals surface area contributed by atoms with E-state index in [1.54, 1.807) is 6.07 Å². The van der Waals surface area contributed by atoms with Crippen molar-refractivity contribution in [2.75, 3.05) is 0 Å². The van der Waals surface area contributed by atoms with Gasteiger partial charge in [0.1, 0.15) is 5.58 Å². The maximum Gasteiger partial charge on any atom is 0.182 e. The lowest BCUT2D eigenvalue weighted by atomic mass is 10.1. The lowest BCUT2D eigenvalue weighted by Crippen LogP contribution is -1.92. The number of fused-ring (bicyclic) bond motifs is 4. The Morgan fingerprint density at radius 2 is 1.89 bits per heavy atom. The Morgan fingerprint density at radius 3 is 2.79 bits per heavy atom. The van der Waals surface area contributed by atoms with Crippen molar-refractivity contribution in [2.24, 2.45) is 0 Å². The zero-order valence-electron chi connectivity index (χ0n) is 10.4. The molecule has 0 aliphatic heterocycles. The Morgan fingerprint density at radius 1 is 1.05 bits per heavy atom. The summed E-state index contributed by atoms with van der Waals surface area (Å²) in [6.07, 6.45) is 0. The van der Waals surface area contributed by atoms with Crippen LogP contribution in [0.3, 0.4) is 0 Å². The molecule has 2 aromatic carbocycles. The third-order valence-electron chi connectivity index (χ3n) is 3.59. The summed E-state index contributed by atoms with van der Waals surface area (Å²) < 4.78 is 5.84. The SMILES string of the molecule is Cc1c2ccccc2[nH]c2c1oc1cc(=O)ccc12. The molecule has 1 N–H and O–H groups in total. The minimum absolute atomic E-state index is 0.0336. The van der Waals surface area contributed by atoms with Gasteiger partial charge in [-0.05, 0) is 25.1 Å². The molecule has 0 atom stereocenters. The van der Waals surface area contributed by atoms with Crippen LogP contribution >= 0.6 is 0 Å². The van der Waals surface area contributed by atoms with Gasteiger partial charge in [-0.1, -0.05) is 18.2 Å². The molecular formula is C16H11NO2. The standard InChI is InChI=1S/C16H11NO2/c1-9-11-4-2-3-5-13(11)17-15-12-7-6-10(18)8-14(12)19-16(9)15/h2-8,17H,1H3. The first kappa shape index (κ1) is 10.4. The van der Waals surface area contributed by atoms with Crippen molar-refractivity contribution < 1.29 is 4.42 Å². The summed E-state index contributed by atoms with van der Waals surface area (Å²) in [4.78, 5) is 14.8. The van der Waals surface area contributed by atoms with Gasteiger partial charge >= 0.3 is 0 Å². The van der Waals surface area contributed by atoms with Gasteiger partial charge in [-0.25, -0.2) is 0 Å². The van der Waals surface area contributed by atoms with Gasteiger partial charge in [-0.2, -0.15) is 0 Å². The van der Waals surface area contributed by atoms with E-state index in [0.717, 1.165) is 33.0 Å². The van der Waals surface area contributed by atoms with E-state index in [1.165, 1.54) is 6.07 Å². The van der Waals surface area contributed by atoms with Crippen LogP contribution in [0.2, 0.25) is 0 Å². The van der Waals surface area contributed by atoms with E-state index in [2.05, 4.69) is 11.1 Å². The Labute approximate surface area is 108 Å². The van der Waals surface area contributed by atoms with Crippen molar-refractivity contribution in [3.05, 3.63) is 58.3 Å². The molecule has 4 rings (SSSR count). The molecule has 3 nitrogen and oxygen atoms in total. The van der Waals surface area contributed by atoms with Crippen LogP contribution in [0.1, 0.15) is 5.56 Å². The second-order valence-electron chi connectivity index (χ2n) is 4.76. The highest BCUT2D eigenvalue weighted by atomic mass is 16.3. The van der Waals surface area contributed by atoms with E-state index >= 15 is 0 Å². The monoisotopic (exact) mass is 249 g/mol. The van der Waals surface area contributed by atoms with Crippen molar-refractivity contribution >= 4 is 33.0 Å². The van der Waals surface area contributed by atoms with Crippen LogP contribution in [0, 0.1) is 6.92 Å². The number of pyridine rings is 1. The van der Waals surface area contributed by atoms with Crippen LogP contribution in [-0.4, -0.2) is 4.98 Å². The second kappa shape index (κ2) is 3.48. The zero-order valence-corrected chi connectivity index (χ0v) is 10.4. The van der Waals surface area contributed by atoms with E-state index < -0.39 is 0 Å². The van der Waals surface area contributed by atoms with Crippen LogP contribution in [0.4, 0.5) is 0 Å². The fraction of sp³-hybridized carbons (Fsp3) is 0.0625. The number of H-pyrrole nitrogens is 1. The third kappa shape index (κ3) is 1.35. The summed E-state index contributed by atoms with van der Waals surface area (Å²) in [6, 6.07) is 13.0. The van der Waals surface area contributed by atoms with E-state index in [-0.39, 0.29) is 5.43 Å². The summed E-state index contributed by atoms with van der Waals surface area (Å²) in [5.74, 6) is 0. The fourth-order valence-electron chi connectivity index (χ4n) is 2.64.